The van der Waals surface area contributed by atoms with Crippen molar-refractivity contribution < 1.29 is 14.3 Å². The Kier molecular flexibility index (Phi) is 4.61. The Bertz CT molecular complexity index is 644. The molecule has 0 saturated carbocycles. The highest BCUT2D eigenvalue weighted by molar-refractivity contribution is 6.00. The minimum Gasteiger partial charge on any atom is -0.497 e. The van der Waals surface area contributed by atoms with E-state index < -0.39 is 6.03 Å². The summed E-state index contributed by atoms with van der Waals surface area (Å²) in [5.74, 6) is 1.65. The molecule has 0 radical (unpaired) electrons. The van der Waals surface area contributed by atoms with Crippen molar-refractivity contribution in [2.45, 2.75) is 6.92 Å². The van der Waals surface area contributed by atoms with Gasteiger partial charge in [0.05, 0.1) is 19.9 Å². The van der Waals surface area contributed by atoms with Crippen molar-refractivity contribution in [2.75, 3.05) is 24.9 Å². The molecule has 0 aliphatic heterocycles. The molecule has 0 saturated heterocycles. The lowest BCUT2D eigenvalue weighted by Crippen LogP contribution is -2.20. The van der Waals surface area contributed by atoms with Crippen molar-refractivity contribution >= 4 is 17.5 Å². The zero-order chi connectivity index (χ0) is 15.2. The van der Waals surface area contributed by atoms with Crippen LogP contribution in [-0.2, 0) is 0 Å². The van der Waals surface area contributed by atoms with E-state index in [9.17, 15) is 4.79 Å². The molecule has 0 aliphatic rings. The lowest BCUT2D eigenvalue weighted by atomic mass is 10.2. The number of hydrogen-bond donors (Lipinski definition) is 2. The van der Waals surface area contributed by atoms with E-state index >= 15 is 0 Å². The molecule has 0 atom stereocenters. The summed E-state index contributed by atoms with van der Waals surface area (Å²) in [6.07, 6.45) is 0. The predicted molar refractivity (Wildman–Crippen MR) is 81.2 cm³/mol. The molecule has 6 heteroatoms. The number of aryl methyl sites for hydroxylation is 1. The minimum absolute atomic E-state index is 0.392. The maximum Gasteiger partial charge on any atom is 0.324 e. The summed E-state index contributed by atoms with van der Waals surface area (Å²) < 4.78 is 10.3. The molecule has 2 amide bonds. The minimum atomic E-state index is -0.392. The van der Waals surface area contributed by atoms with E-state index in [0.717, 1.165) is 5.69 Å². The van der Waals surface area contributed by atoms with Gasteiger partial charge in [0.1, 0.15) is 17.3 Å². The van der Waals surface area contributed by atoms with Crippen LogP contribution in [0.5, 0.6) is 11.5 Å². The fourth-order valence-corrected chi connectivity index (χ4v) is 1.78. The Morgan fingerprint density at radius 3 is 2.57 bits per heavy atom. The van der Waals surface area contributed by atoms with Crippen molar-refractivity contribution in [3.63, 3.8) is 0 Å². The maximum atomic E-state index is 12.0. The van der Waals surface area contributed by atoms with Crippen LogP contribution in [0.3, 0.4) is 0 Å². The lowest BCUT2D eigenvalue weighted by molar-refractivity contribution is 0.262. The smallest absolute Gasteiger partial charge is 0.324 e. The van der Waals surface area contributed by atoms with Crippen LogP contribution in [0.25, 0.3) is 0 Å². The highest BCUT2D eigenvalue weighted by atomic mass is 16.5. The summed E-state index contributed by atoms with van der Waals surface area (Å²) >= 11 is 0. The number of benzene rings is 1. The van der Waals surface area contributed by atoms with Crippen LogP contribution in [0.15, 0.2) is 36.4 Å². The normalized spacial score (nSPS) is 9.86. The van der Waals surface area contributed by atoms with Gasteiger partial charge in [0.2, 0.25) is 0 Å². The van der Waals surface area contributed by atoms with Crippen molar-refractivity contribution in [1.82, 2.24) is 4.98 Å². The molecular weight excluding hydrogens is 270 g/mol. The van der Waals surface area contributed by atoms with Crippen LogP contribution >= 0.6 is 0 Å². The van der Waals surface area contributed by atoms with E-state index in [1.807, 2.05) is 19.1 Å². The Morgan fingerprint density at radius 2 is 1.90 bits per heavy atom. The summed E-state index contributed by atoms with van der Waals surface area (Å²) in [7, 11) is 3.10. The first-order valence-electron chi connectivity index (χ1n) is 6.36. The van der Waals surface area contributed by atoms with Gasteiger partial charge in [-0.15, -0.1) is 0 Å². The molecule has 6 nitrogen and oxygen atoms in total. The standard InChI is InChI=1S/C15H17N3O3/c1-10-5-4-6-14(16-10)18-15(19)17-12-8-7-11(20-2)9-13(12)21-3/h4-9H,1-3H3,(H2,16,17,18,19). The Balaban J connectivity index is 2.09. The van der Waals surface area contributed by atoms with Gasteiger partial charge in [-0.25, -0.2) is 9.78 Å². The lowest BCUT2D eigenvalue weighted by Gasteiger charge is -2.12. The fraction of sp³-hybridized carbons (Fsp3) is 0.200. The molecule has 110 valence electrons. The molecule has 1 aromatic heterocycles. The molecular formula is C15H17N3O3. The van der Waals surface area contributed by atoms with Gasteiger partial charge < -0.3 is 14.8 Å². The zero-order valence-corrected chi connectivity index (χ0v) is 12.1. The number of ether oxygens (including phenoxy) is 2. The van der Waals surface area contributed by atoms with Gasteiger partial charge in [0, 0.05) is 11.8 Å². The highest BCUT2D eigenvalue weighted by Crippen LogP contribution is 2.29. The van der Waals surface area contributed by atoms with Crippen molar-refractivity contribution in [3.05, 3.63) is 42.1 Å². The molecule has 0 fully saturated rings. The Labute approximate surface area is 123 Å². The van der Waals surface area contributed by atoms with E-state index in [1.54, 1.807) is 31.4 Å². The van der Waals surface area contributed by atoms with Crippen molar-refractivity contribution in [2.24, 2.45) is 0 Å². The van der Waals surface area contributed by atoms with Gasteiger partial charge in [-0.05, 0) is 31.2 Å². The number of carbonyl (C=O) groups excluding carboxylic acids is 1. The summed E-state index contributed by atoms with van der Waals surface area (Å²) in [4.78, 5) is 16.2. The highest BCUT2D eigenvalue weighted by Gasteiger charge is 2.09. The van der Waals surface area contributed by atoms with Crippen LogP contribution in [-0.4, -0.2) is 25.2 Å². The average molecular weight is 287 g/mol. The second-order valence-electron chi connectivity index (χ2n) is 4.31. The summed E-state index contributed by atoms with van der Waals surface area (Å²) in [5, 5.41) is 5.37. The number of aromatic nitrogens is 1. The van der Waals surface area contributed by atoms with Crippen LogP contribution in [0.4, 0.5) is 16.3 Å². The molecule has 0 spiro atoms. The van der Waals surface area contributed by atoms with Crippen LogP contribution in [0, 0.1) is 6.92 Å². The predicted octanol–water partition coefficient (Wildman–Crippen LogP) is 3.05. The van der Waals surface area contributed by atoms with Crippen molar-refractivity contribution in [1.29, 1.82) is 0 Å². The number of urea groups is 1. The molecule has 1 aromatic carbocycles. The van der Waals surface area contributed by atoms with Gasteiger partial charge in [0.25, 0.3) is 0 Å². The molecule has 2 rings (SSSR count). The van der Waals surface area contributed by atoms with Gasteiger partial charge in [-0.1, -0.05) is 6.07 Å². The summed E-state index contributed by atoms with van der Waals surface area (Å²) in [5.41, 5.74) is 1.37. The van der Waals surface area contributed by atoms with Crippen LogP contribution in [0.2, 0.25) is 0 Å². The number of rotatable bonds is 4. The van der Waals surface area contributed by atoms with E-state index in [4.69, 9.17) is 9.47 Å². The third-order valence-corrected chi connectivity index (χ3v) is 2.79. The second-order valence-corrected chi connectivity index (χ2v) is 4.31. The van der Waals surface area contributed by atoms with Crippen LogP contribution in [0.1, 0.15) is 5.69 Å². The van der Waals surface area contributed by atoms with E-state index in [2.05, 4.69) is 15.6 Å². The molecule has 1 heterocycles. The maximum absolute atomic E-state index is 12.0. The van der Waals surface area contributed by atoms with Gasteiger partial charge in [-0.3, -0.25) is 5.32 Å². The number of nitrogens with one attached hydrogen (secondary N) is 2. The quantitative estimate of drug-likeness (QED) is 0.906. The number of pyridine rings is 1. The number of hydrogen-bond acceptors (Lipinski definition) is 4. The van der Waals surface area contributed by atoms with E-state index in [1.165, 1.54) is 7.11 Å². The van der Waals surface area contributed by atoms with E-state index in [0.29, 0.717) is 23.0 Å². The van der Waals surface area contributed by atoms with Gasteiger partial charge >= 0.3 is 6.03 Å². The van der Waals surface area contributed by atoms with E-state index in [-0.39, 0.29) is 0 Å². The number of nitrogens with zero attached hydrogens (tertiary/aromatic N) is 1. The molecule has 0 unspecified atom stereocenters. The van der Waals surface area contributed by atoms with Gasteiger partial charge in [0.15, 0.2) is 0 Å². The third kappa shape index (κ3) is 3.85. The number of amides is 2. The molecule has 0 aliphatic carbocycles. The Hall–Kier alpha value is -2.76. The first kappa shape index (κ1) is 14.6. The van der Waals surface area contributed by atoms with Crippen LogP contribution < -0.4 is 20.1 Å². The molecule has 2 aromatic rings. The molecule has 2 N–H and O–H groups in total. The average Bonchev–Trinajstić information content (AvgIpc) is 2.47. The number of carbonyl (C=O) groups is 1. The first-order valence-corrected chi connectivity index (χ1v) is 6.36. The van der Waals surface area contributed by atoms with Gasteiger partial charge in [-0.2, -0.15) is 0 Å². The SMILES string of the molecule is COc1ccc(NC(=O)Nc2cccc(C)n2)c(OC)c1. The number of anilines is 2. The largest absolute Gasteiger partial charge is 0.497 e. The topological polar surface area (TPSA) is 72.5 Å². The van der Waals surface area contributed by atoms with Crippen molar-refractivity contribution in [3.8, 4) is 11.5 Å². The number of methoxy groups -OCH3 is 2. The fourth-order valence-electron chi connectivity index (χ4n) is 1.78. The monoisotopic (exact) mass is 287 g/mol. The second kappa shape index (κ2) is 6.60. The summed E-state index contributed by atoms with van der Waals surface area (Å²) in [6.45, 7) is 1.86. The molecule has 21 heavy (non-hydrogen) atoms. The Morgan fingerprint density at radius 1 is 1.10 bits per heavy atom. The molecule has 0 bridgehead atoms. The first-order chi connectivity index (χ1) is 10.1. The zero-order valence-electron chi connectivity index (χ0n) is 12.1. The summed E-state index contributed by atoms with van der Waals surface area (Å²) in [6, 6.07) is 10.2. The third-order valence-electron chi connectivity index (χ3n) is 2.79.